The van der Waals surface area contributed by atoms with Gasteiger partial charge in [-0.3, -0.25) is 0 Å². The van der Waals surface area contributed by atoms with Gasteiger partial charge in [0.25, 0.3) is 0 Å². The predicted molar refractivity (Wildman–Crippen MR) is 110 cm³/mol. The van der Waals surface area contributed by atoms with Crippen molar-refractivity contribution >= 4 is 23.0 Å². The van der Waals surface area contributed by atoms with E-state index in [1.54, 1.807) is 0 Å². The Morgan fingerprint density at radius 1 is 1.19 bits per heavy atom. The summed E-state index contributed by atoms with van der Waals surface area (Å²) in [7, 11) is 0. The zero-order chi connectivity index (χ0) is 18.5. The maximum absolute atomic E-state index is 6.10. The van der Waals surface area contributed by atoms with Crippen LogP contribution in [-0.4, -0.2) is 35.8 Å². The molecule has 3 rings (SSSR count). The third kappa shape index (κ3) is 4.47. The second-order valence-corrected chi connectivity index (χ2v) is 7.08. The van der Waals surface area contributed by atoms with Gasteiger partial charge in [0.05, 0.1) is 6.54 Å². The molecule has 0 fully saturated rings. The molecule has 0 unspecified atom stereocenters. The van der Waals surface area contributed by atoms with Gasteiger partial charge in [0.1, 0.15) is 6.61 Å². The van der Waals surface area contributed by atoms with Crippen molar-refractivity contribution in [2.75, 3.05) is 25.0 Å². The van der Waals surface area contributed by atoms with Crippen LogP contribution >= 0.6 is 12.2 Å². The molecule has 1 aliphatic heterocycles. The van der Waals surface area contributed by atoms with Gasteiger partial charge in [-0.25, -0.2) is 0 Å². The minimum Gasteiger partial charge on any atom is -0.486 e. The summed E-state index contributed by atoms with van der Waals surface area (Å²) in [6.07, 6.45) is 0.966. The number of para-hydroxylation sites is 2. The summed E-state index contributed by atoms with van der Waals surface area (Å²) < 4.78 is 11.9. The lowest BCUT2D eigenvalue weighted by atomic mass is 10.1. The number of rotatable bonds is 5. The minimum absolute atomic E-state index is 0.0465. The smallest absolute Gasteiger partial charge is 0.173 e. The van der Waals surface area contributed by atoms with Crippen molar-refractivity contribution in [3.05, 3.63) is 53.6 Å². The summed E-state index contributed by atoms with van der Waals surface area (Å²) >= 11 is 5.69. The summed E-state index contributed by atoms with van der Waals surface area (Å²) in [6, 6.07) is 14.1. The van der Waals surface area contributed by atoms with Gasteiger partial charge in [-0.15, -0.1) is 0 Å². The molecule has 0 amide bonds. The van der Waals surface area contributed by atoms with Crippen LogP contribution in [0.2, 0.25) is 0 Å². The average Bonchev–Trinajstić information content (AvgIpc) is 2.64. The van der Waals surface area contributed by atoms with E-state index >= 15 is 0 Å². The summed E-state index contributed by atoms with van der Waals surface area (Å²) in [5.41, 5.74) is 3.45. The molecule has 138 valence electrons. The molecule has 2 aromatic carbocycles. The molecule has 0 saturated heterocycles. The largest absolute Gasteiger partial charge is 0.486 e. The summed E-state index contributed by atoms with van der Waals surface area (Å²) in [5.74, 6) is 1.61. The minimum atomic E-state index is -0.0465. The first-order chi connectivity index (χ1) is 12.6. The number of hydrogen-bond acceptors (Lipinski definition) is 3. The van der Waals surface area contributed by atoms with Crippen LogP contribution in [0.15, 0.2) is 42.5 Å². The molecule has 0 bridgehead atoms. The highest BCUT2D eigenvalue weighted by Gasteiger charge is 2.24. The van der Waals surface area contributed by atoms with E-state index < -0.39 is 0 Å². The molecule has 26 heavy (non-hydrogen) atoms. The van der Waals surface area contributed by atoms with Crippen LogP contribution in [0.25, 0.3) is 0 Å². The number of benzene rings is 2. The van der Waals surface area contributed by atoms with Gasteiger partial charge in [-0.05, 0) is 61.8 Å². The van der Waals surface area contributed by atoms with Crippen molar-refractivity contribution in [2.45, 2.75) is 33.3 Å². The third-order valence-corrected chi connectivity index (χ3v) is 4.77. The van der Waals surface area contributed by atoms with Crippen LogP contribution in [0.4, 0.5) is 5.69 Å². The molecule has 4 nitrogen and oxygen atoms in total. The van der Waals surface area contributed by atoms with E-state index in [0.717, 1.165) is 35.3 Å². The zero-order valence-corrected chi connectivity index (χ0v) is 16.4. The summed E-state index contributed by atoms with van der Waals surface area (Å²) in [5, 5.41) is 4.13. The molecule has 0 saturated carbocycles. The molecule has 1 heterocycles. The Labute approximate surface area is 161 Å². The number of nitrogens with one attached hydrogen (secondary N) is 1. The van der Waals surface area contributed by atoms with Crippen LogP contribution in [0.1, 0.15) is 24.5 Å². The van der Waals surface area contributed by atoms with Gasteiger partial charge in [-0.1, -0.05) is 31.2 Å². The lowest BCUT2D eigenvalue weighted by Gasteiger charge is -2.32. The Hall–Kier alpha value is -2.27. The first-order valence-corrected chi connectivity index (χ1v) is 9.49. The fourth-order valence-corrected chi connectivity index (χ4v) is 3.29. The topological polar surface area (TPSA) is 33.7 Å². The van der Waals surface area contributed by atoms with Gasteiger partial charge >= 0.3 is 0 Å². The fourth-order valence-electron chi connectivity index (χ4n) is 3.01. The normalized spacial score (nSPS) is 15.4. The molecular weight excluding hydrogens is 344 g/mol. The van der Waals surface area contributed by atoms with Gasteiger partial charge in [0.2, 0.25) is 0 Å². The van der Waals surface area contributed by atoms with E-state index in [1.165, 1.54) is 11.1 Å². The Morgan fingerprint density at radius 2 is 1.96 bits per heavy atom. The highest BCUT2D eigenvalue weighted by atomic mass is 32.1. The maximum Gasteiger partial charge on any atom is 0.173 e. The highest BCUT2D eigenvalue weighted by Crippen LogP contribution is 2.31. The van der Waals surface area contributed by atoms with E-state index in [2.05, 4.69) is 49.2 Å². The number of thiocarbonyl (C=S) groups is 1. The van der Waals surface area contributed by atoms with E-state index in [9.17, 15) is 0 Å². The van der Waals surface area contributed by atoms with Crippen LogP contribution in [0, 0.1) is 13.8 Å². The lowest BCUT2D eigenvalue weighted by Crippen LogP contribution is -2.45. The fraction of sp³-hybridized carbons (Fsp3) is 0.381. The molecule has 5 heteroatoms. The molecule has 1 atom stereocenters. The van der Waals surface area contributed by atoms with Gasteiger partial charge in [0.15, 0.2) is 22.7 Å². The monoisotopic (exact) mass is 370 g/mol. The van der Waals surface area contributed by atoms with Crippen molar-refractivity contribution in [1.82, 2.24) is 4.90 Å². The van der Waals surface area contributed by atoms with Crippen molar-refractivity contribution in [3.63, 3.8) is 0 Å². The van der Waals surface area contributed by atoms with Crippen molar-refractivity contribution < 1.29 is 9.47 Å². The molecule has 2 aromatic rings. The molecule has 1 N–H and O–H groups in total. The highest BCUT2D eigenvalue weighted by molar-refractivity contribution is 7.80. The van der Waals surface area contributed by atoms with E-state index in [0.29, 0.717) is 13.2 Å². The number of hydrogen-bond donors (Lipinski definition) is 1. The predicted octanol–water partition coefficient (Wildman–Crippen LogP) is 4.55. The zero-order valence-electron chi connectivity index (χ0n) is 15.6. The SMILES string of the molecule is CCCN(C[C@H]1COc2ccccc2O1)C(=S)Nc1cc(C)ccc1C. The van der Waals surface area contributed by atoms with E-state index in [-0.39, 0.29) is 6.10 Å². The first kappa shape index (κ1) is 18.5. The number of anilines is 1. The maximum atomic E-state index is 6.10. The quantitative estimate of drug-likeness (QED) is 0.781. The number of fused-ring (bicyclic) bond motifs is 1. The van der Waals surface area contributed by atoms with Gasteiger partial charge in [0, 0.05) is 12.2 Å². The van der Waals surface area contributed by atoms with E-state index in [1.807, 2.05) is 24.3 Å². The van der Waals surface area contributed by atoms with Crippen molar-refractivity contribution in [1.29, 1.82) is 0 Å². The van der Waals surface area contributed by atoms with Crippen LogP contribution in [0.5, 0.6) is 11.5 Å². The van der Waals surface area contributed by atoms with Crippen molar-refractivity contribution in [3.8, 4) is 11.5 Å². The average molecular weight is 371 g/mol. The molecule has 0 aliphatic carbocycles. The molecule has 0 spiro atoms. The summed E-state index contributed by atoms with van der Waals surface area (Å²) in [6.45, 7) is 8.42. The second kappa shape index (κ2) is 8.41. The Bertz CT molecular complexity index is 778. The van der Waals surface area contributed by atoms with E-state index in [4.69, 9.17) is 21.7 Å². The van der Waals surface area contributed by atoms with Crippen LogP contribution in [-0.2, 0) is 0 Å². The summed E-state index contributed by atoms with van der Waals surface area (Å²) in [4.78, 5) is 2.17. The first-order valence-electron chi connectivity index (χ1n) is 9.08. The van der Waals surface area contributed by atoms with Gasteiger partial charge in [-0.2, -0.15) is 0 Å². The van der Waals surface area contributed by atoms with Crippen LogP contribution < -0.4 is 14.8 Å². The molecular formula is C21H26N2O2S. The molecule has 0 aromatic heterocycles. The third-order valence-electron chi connectivity index (χ3n) is 4.41. The standard InChI is InChI=1S/C21H26N2O2S/c1-4-11-23(21(26)22-18-12-15(2)9-10-16(18)3)13-17-14-24-19-7-5-6-8-20(19)25-17/h5-10,12,17H,4,11,13-14H2,1-3H3,(H,22,26)/t17-/m0/s1. The van der Waals surface area contributed by atoms with Gasteiger partial charge < -0.3 is 19.7 Å². The Kier molecular flexibility index (Phi) is 5.99. The Morgan fingerprint density at radius 3 is 2.73 bits per heavy atom. The second-order valence-electron chi connectivity index (χ2n) is 6.69. The molecule has 0 radical (unpaired) electrons. The number of nitrogens with zero attached hydrogens (tertiary/aromatic N) is 1. The van der Waals surface area contributed by atoms with Crippen LogP contribution in [0.3, 0.4) is 0 Å². The Balaban J connectivity index is 1.67. The number of ether oxygens (including phenoxy) is 2. The number of aryl methyl sites for hydroxylation is 2. The van der Waals surface area contributed by atoms with Crippen molar-refractivity contribution in [2.24, 2.45) is 0 Å². The molecule has 1 aliphatic rings. The lowest BCUT2D eigenvalue weighted by molar-refractivity contribution is 0.0746.